The number of aryl methyl sites for hydroxylation is 1. The Morgan fingerprint density at radius 2 is 1.28 bits per heavy atom. The number of carbonyl (C=O) groups is 3. The second-order valence-electron chi connectivity index (χ2n) is 14.5. The largest absolute Gasteiger partial charge is 0.460 e. The first-order valence-electron chi connectivity index (χ1n) is 15.8. The lowest BCUT2D eigenvalue weighted by Gasteiger charge is -2.29. The van der Waals surface area contributed by atoms with Crippen LogP contribution in [0.4, 0.5) is 10.5 Å². The molecule has 47 heavy (non-hydrogen) atoms. The van der Waals surface area contributed by atoms with Crippen LogP contribution in [0.3, 0.4) is 0 Å². The lowest BCUT2D eigenvalue weighted by molar-refractivity contribution is -0.162. The highest BCUT2D eigenvalue weighted by molar-refractivity contribution is 7.86. The van der Waals surface area contributed by atoms with E-state index in [9.17, 15) is 22.8 Å². The van der Waals surface area contributed by atoms with Crippen LogP contribution in [-0.4, -0.2) is 62.4 Å². The number of hydrogen-bond acceptors (Lipinski definition) is 10. The molecule has 0 aliphatic heterocycles. The van der Waals surface area contributed by atoms with Crippen molar-refractivity contribution in [3.63, 3.8) is 0 Å². The van der Waals surface area contributed by atoms with E-state index in [0.717, 1.165) is 16.8 Å². The SMILES string of the molecule is Cc1ccc(S(=O)(=O)OCCCNc2ccc(C[C@@H](C[C@H](NC(=O)OC(C)(C)C)C(=O)OC(C)(C)C)C(=O)OC(C)(C)C)cc2)cc1. The monoisotopic (exact) mass is 676 g/mol. The topological polar surface area (TPSA) is 146 Å². The minimum Gasteiger partial charge on any atom is -0.460 e. The number of hydrogen-bond donors (Lipinski definition) is 2. The van der Waals surface area contributed by atoms with E-state index in [1.54, 1.807) is 74.4 Å². The van der Waals surface area contributed by atoms with Crippen LogP contribution in [0.5, 0.6) is 0 Å². The molecule has 0 fully saturated rings. The molecule has 0 radical (unpaired) electrons. The molecule has 1 amide bonds. The van der Waals surface area contributed by atoms with E-state index in [1.807, 2.05) is 31.2 Å². The average Bonchev–Trinajstić information content (AvgIpc) is 2.90. The predicted molar refractivity (Wildman–Crippen MR) is 181 cm³/mol. The summed E-state index contributed by atoms with van der Waals surface area (Å²) in [7, 11) is -3.82. The van der Waals surface area contributed by atoms with E-state index >= 15 is 0 Å². The van der Waals surface area contributed by atoms with Crippen molar-refractivity contribution in [2.24, 2.45) is 5.92 Å². The Kier molecular flexibility index (Phi) is 13.8. The quantitative estimate of drug-likeness (QED) is 0.101. The second-order valence-corrected chi connectivity index (χ2v) is 16.1. The van der Waals surface area contributed by atoms with E-state index in [0.29, 0.717) is 13.0 Å². The fourth-order valence-electron chi connectivity index (χ4n) is 4.26. The number of esters is 2. The van der Waals surface area contributed by atoms with Crippen LogP contribution >= 0.6 is 0 Å². The molecular weight excluding hydrogens is 624 g/mol. The molecule has 0 aliphatic rings. The van der Waals surface area contributed by atoms with Crippen molar-refractivity contribution in [3.05, 3.63) is 59.7 Å². The van der Waals surface area contributed by atoms with E-state index in [-0.39, 0.29) is 24.3 Å². The van der Waals surface area contributed by atoms with Crippen LogP contribution in [0.1, 0.15) is 86.3 Å². The summed E-state index contributed by atoms with van der Waals surface area (Å²) in [5.41, 5.74) is 0.166. The molecule has 262 valence electrons. The van der Waals surface area contributed by atoms with Crippen molar-refractivity contribution >= 4 is 33.8 Å². The highest BCUT2D eigenvalue weighted by Gasteiger charge is 2.35. The number of ether oxygens (including phenoxy) is 3. The van der Waals surface area contributed by atoms with E-state index in [4.69, 9.17) is 18.4 Å². The maximum absolute atomic E-state index is 13.4. The van der Waals surface area contributed by atoms with Crippen LogP contribution in [0.25, 0.3) is 0 Å². The molecule has 0 unspecified atom stereocenters. The van der Waals surface area contributed by atoms with Crippen molar-refractivity contribution in [3.8, 4) is 0 Å². The third kappa shape index (κ3) is 15.7. The molecule has 2 N–H and O–H groups in total. The van der Waals surface area contributed by atoms with Gasteiger partial charge in [0.2, 0.25) is 0 Å². The fourth-order valence-corrected chi connectivity index (χ4v) is 5.20. The molecule has 0 aliphatic carbocycles. The van der Waals surface area contributed by atoms with Gasteiger partial charge in [0.15, 0.2) is 0 Å². The van der Waals surface area contributed by atoms with Gasteiger partial charge in [0.25, 0.3) is 10.1 Å². The van der Waals surface area contributed by atoms with Crippen LogP contribution in [-0.2, 0) is 44.5 Å². The number of benzene rings is 2. The lowest BCUT2D eigenvalue weighted by Crippen LogP contribution is -2.48. The van der Waals surface area contributed by atoms with E-state index in [2.05, 4.69) is 10.6 Å². The Morgan fingerprint density at radius 3 is 1.81 bits per heavy atom. The average molecular weight is 677 g/mol. The summed E-state index contributed by atoms with van der Waals surface area (Å²) in [5, 5.41) is 5.82. The zero-order chi connectivity index (χ0) is 35.6. The molecule has 0 bridgehead atoms. The number of anilines is 1. The maximum atomic E-state index is 13.4. The molecule has 0 spiro atoms. The number of nitrogens with one attached hydrogen (secondary N) is 2. The van der Waals surface area contributed by atoms with Gasteiger partial charge >= 0.3 is 18.0 Å². The number of alkyl carbamates (subject to hydrolysis) is 1. The summed E-state index contributed by atoms with van der Waals surface area (Å²) in [6.45, 7) is 17.9. The Morgan fingerprint density at radius 1 is 0.745 bits per heavy atom. The van der Waals surface area contributed by atoms with E-state index in [1.165, 1.54) is 12.1 Å². The van der Waals surface area contributed by atoms with Gasteiger partial charge in [-0.25, -0.2) is 9.59 Å². The van der Waals surface area contributed by atoms with Gasteiger partial charge in [-0.2, -0.15) is 8.42 Å². The summed E-state index contributed by atoms with van der Waals surface area (Å²) in [6.07, 6.45) is -0.196. The molecule has 2 aromatic rings. The molecule has 2 rings (SSSR count). The molecule has 0 aromatic heterocycles. The van der Waals surface area contributed by atoms with Gasteiger partial charge in [-0.3, -0.25) is 8.98 Å². The van der Waals surface area contributed by atoms with Crippen molar-refractivity contribution in [2.45, 2.75) is 116 Å². The zero-order valence-corrected chi connectivity index (χ0v) is 30.2. The molecule has 2 atom stereocenters. The number of carbonyl (C=O) groups excluding carboxylic acids is 3. The third-order valence-corrected chi connectivity index (χ3v) is 7.60. The van der Waals surface area contributed by atoms with Crippen LogP contribution < -0.4 is 10.6 Å². The van der Waals surface area contributed by atoms with Gasteiger partial charge in [0, 0.05) is 12.2 Å². The van der Waals surface area contributed by atoms with E-state index < -0.39 is 56.9 Å². The molecule has 2 aromatic carbocycles. The summed E-state index contributed by atoms with van der Waals surface area (Å²) in [6, 6.07) is 12.7. The Balaban J connectivity index is 2.10. The van der Waals surface area contributed by atoms with Gasteiger partial charge in [-0.1, -0.05) is 29.8 Å². The number of amides is 1. The van der Waals surface area contributed by atoms with Crippen molar-refractivity contribution in [2.75, 3.05) is 18.5 Å². The van der Waals surface area contributed by atoms with Gasteiger partial charge in [-0.15, -0.1) is 0 Å². The molecule has 0 heterocycles. The Labute approximate surface area is 280 Å². The molecule has 11 nitrogen and oxygen atoms in total. The minimum atomic E-state index is -3.82. The summed E-state index contributed by atoms with van der Waals surface area (Å²) >= 11 is 0. The smallest absolute Gasteiger partial charge is 0.408 e. The van der Waals surface area contributed by atoms with Gasteiger partial charge in [-0.05, 0) is 118 Å². The molecule has 0 saturated carbocycles. The Hall–Kier alpha value is -3.64. The highest BCUT2D eigenvalue weighted by Crippen LogP contribution is 2.23. The zero-order valence-electron chi connectivity index (χ0n) is 29.4. The number of rotatable bonds is 14. The molecule has 12 heteroatoms. The summed E-state index contributed by atoms with van der Waals surface area (Å²) < 4.78 is 46.5. The first-order chi connectivity index (χ1) is 21.5. The predicted octanol–water partition coefficient (Wildman–Crippen LogP) is 6.33. The maximum Gasteiger partial charge on any atom is 0.408 e. The van der Waals surface area contributed by atoms with Crippen LogP contribution in [0.2, 0.25) is 0 Å². The van der Waals surface area contributed by atoms with Crippen molar-refractivity contribution in [1.29, 1.82) is 0 Å². The van der Waals surface area contributed by atoms with Gasteiger partial charge < -0.3 is 24.8 Å². The summed E-state index contributed by atoms with van der Waals surface area (Å²) in [4.78, 5) is 39.4. The summed E-state index contributed by atoms with van der Waals surface area (Å²) in [5.74, 6) is -2.00. The minimum absolute atomic E-state index is 0.0228. The van der Waals surface area contributed by atoms with Crippen LogP contribution in [0.15, 0.2) is 53.4 Å². The van der Waals surface area contributed by atoms with Gasteiger partial charge in [0.1, 0.15) is 22.8 Å². The molecular formula is C35H52N2O9S. The second kappa shape index (κ2) is 16.5. The Bertz CT molecular complexity index is 1430. The standard InChI is InChI=1S/C35H52N2O9S/c1-24-12-18-28(19-13-24)47(41,42)43-21-11-20-36-27-16-14-25(15-17-27)22-26(30(38)44-33(2,3)4)23-29(31(39)45-34(5,6)7)37-32(40)46-35(8,9)10/h12-19,26,29,36H,11,20-23H2,1-10H3,(H,37,40)/t26-,29-/m0/s1. The first-order valence-corrected chi connectivity index (χ1v) is 17.2. The highest BCUT2D eigenvalue weighted by atomic mass is 32.2. The first kappa shape index (κ1) is 39.5. The third-order valence-electron chi connectivity index (χ3n) is 6.28. The van der Waals surface area contributed by atoms with Crippen molar-refractivity contribution < 1.29 is 41.2 Å². The molecule has 0 saturated heterocycles. The van der Waals surface area contributed by atoms with Crippen molar-refractivity contribution in [1.82, 2.24) is 5.32 Å². The fraction of sp³-hybridized carbons (Fsp3) is 0.571. The van der Waals surface area contributed by atoms with Crippen LogP contribution in [0, 0.1) is 12.8 Å². The lowest BCUT2D eigenvalue weighted by atomic mass is 9.92. The normalized spacial score (nSPS) is 13.7. The van der Waals surface area contributed by atoms with Gasteiger partial charge in [0.05, 0.1) is 17.4 Å².